The number of ether oxygens (including phenoxy) is 1. The van der Waals surface area contributed by atoms with Crippen LogP contribution in [0.25, 0.3) is 11.3 Å². The van der Waals surface area contributed by atoms with Crippen LogP contribution in [-0.2, 0) is 11.3 Å². The number of thiazole rings is 1. The summed E-state index contributed by atoms with van der Waals surface area (Å²) in [5.41, 5.74) is 1.93. The number of nitrogens with zero attached hydrogens (tertiary/aromatic N) is 4. The molecule has 0 saturated carbocycles. The molecule has 1 N–H and O–H groups in total. The molecule has 0 fully saturated rings. The van der Waals surface area contributed by atoms with E-state index < -0.39 is 0 Å². The van der Waals surface area contributed by atoms with E-state index in [1.165, 1.54) is 23.1 Å². The fourth-order valence-electron chi connectivity index (χ4n) is 3.36. The van der Waals surface area contributed by atoms with Crippen molar-refractivity contribution in [3.05, 3.63) is 71.4 Å². The molecule has 4 aromatic rings. The van der Waals surface area contributed by atoms with Gasteiger partial charge in [-0.15, -0.1) is 21.5 Å². The third kappa shape index (κ3) is 5.61. The summed E-state index contributed by atoms with van der Waals surface area (Å²) in [5, 5.41) is 12.8. The van der Waals surface area contributed by atoms with E-state index in [2.05, 4.69) is 20.5 Å². The van der Waals surface area contributed by atoms with Crippen LogP contribution in [0.5, 0.6) is 5.75 Å². The number of anilines is 1. The minimum absolute atomic E-state index is 0.130. The van der Waals surface area contributed by atoms with Gasteiger partial charge < -0.3 is 14.6 Å². The minimum Gasteiger partial charge on any atom is -0.483 e. The van der Waals surface area contributed by atoms with Gasteiger partial charge in [0.05, 0.1) is 11.4 Å². The van der Waals surface area contributed by atoms with Crippen LogP contribution in [0.3, 0.4) is 0 Å². The van der Waals surface area contributed by atoms with E-state index in [-0.39, 0.29) is 17.8 Å². The molecule has 0 bridgehead atoms. The number of hydrogen-bond donors (Lipinski definition) is 1. The third-order valence-electron chi connectivity index (χ3n) is 4.90. The van der Waals surface area contributed by atoms with Crippen LogP contribution in [0.2, 0.25) is 0 Å². The van der Waals surface area contributed by atoms with E-state index in [0.717, 1.165) is 27.7 Å². The molecule has 33 heavy (non-hydrogen) atoms. The Morgan fingerprint density at radius 2 is 1.82 bits per heavy atom. The first-order valence-electron chi connectivity index (χ1n) is 10.7. The highest BCUT2D eigenvalue weighted by Crippen LogP contribution is 2.30. The van der Waals surface area contributed by atoms with Gasteiger partial charge in [0, 0.05) is 17.0 Å². The third-order valence-corrected chi connectivity index (χ3v) is 6.76. The van der Waals surface area contributed by atoms with Crippen LogP contribution in [-0.4, -0.2) is 31.4 Å². The number of rotatable bonds is 9. The van der Waals surface area contributed by atoms with Crippen LogP contribution in [0.1, 0.15) is 30.7 Å². The van der Waals surface area contributed by atoms with Gasteiger partial charge in [-0.05, 0) is 32.9 Å². The first kappa shape index (κ1) is 23.0. The number of thioether (sulfide) groups is 1. The number of aromatic nitrogens is 4. The van der Waals surface area contributed by atoms with Gasteiger partial charge in [0.2, 0.25) is 5.91 Å². The molecule has 2 aromatic carbocycles. The van der Waals surface area contributed by atoms with Crippen LogP contribution in [0.15, 0.2) is 65.8 Å². The Labute approximate surface area is 201 Å². The fourth-order valence-corrected chi connectivity index (χ4v) is 5.02. The van der Waals surface area contributed by atoms with Crippen LogP contribution >= 0.6 is 23.1 Å². The summed E-state index contributed by atoms with van der Waals surface area (Å²) in [4.78, 5) is 18.2. The molecule has 0 aliphatic carbocycles. The number of hydrogen-bond acceptors (Lipinski definition) is 7. The molecule has 0 spiro atoms. The number of para-hydroxylation sites is 1. The second-order valence-electron chi connectivity index (χ2n) is 7.28. The predicted molar refractivity (Wildman–Crippen MR) is 133 cm³/mol. The van der Waals surface area contributed by atoms with Crippen molar-refractivity contribution in [2.45, 2.75) is 38.6 Å². The number of amides is 1. The van der Waals surface area contributed by atoms with E-state index in [4.69, 9.17) is 4.74 Å². The maximum Gasteiger partial charge on any atom is 0.236 e. The lowest BCUT2D eigenvalue weighted by molar-refractivity contribution is -0.113. The quantitative estimate of drug-likeness (QED) is 0.315. The minimum atomic E-state index is -0.266. The van der Waals surface area contributed by atoms with Crippen molar-refractivity contribution in [3.8, 4) is 17.0 Å². The van der Waals surface area contributed by atoms with Crippen molar-refractivity contribution >= 4 is 34.1 Å². The zero-order chi connectivity index (χ0) is 23.2. The molecule has 0 aliphatic rings. The van der Waals surface area contributed by atoms with Crippen LogP contribution in [0, 0.1) is 6.92 Å². The normalized spacial score (nSPS) is 11.8. The molecule has 1 amide bonds. The molecule has 2 heterocycles. The van der Waals surface area contributed by atoms with Gasteiger partial charge in [0.1, 0.15) is 5.75 Å². The summed E-state index contributed by atoms with van der Waals surface area (Å²) in [6.07, 6.45) is -0.266. The molecule has 9 heteroatoms. The van der Waals surface area contributed by atoms with Gasteiger partial charge in [-0.1, -0.05) is 60.3 Å². The number of carbonyl (C=O) groups is 1. The molecule has 7 nitrogen and oxygen atoms in total. The van der Waals surface area contributed by atoms with Gasteiger partial charge >= 0.3 is 0 Å². The van der Waals surface area contributed by atoms with E-state index in [0.29, 0.717) is 16.8 Å². The molecular formula is C24H25N5O2S2. The molecule has 2 aromatic heterocycles. The Balaban J connectivity index is 1.38. The number of nitrogens with one attached hydrogen (secondary N) is 1. The number of aryl methyl sites for hydroxylation is 1. The van der Waals surface area contributed by atoms with E-state index >= 15 is 0 Å². The Bertz CT molecular complexity index is 1210. The van der Waals surface area contributed by atoms with Crippen molar-refractivity contribution in [2.75, 3.05) is 11.1 Å². The van der Waals surface area contributed by atoms with Crippen LogP contribution < -0.4 is 10.1 Å². The fraction of sp³-hybridized carbons (Fsp3) is 0.250. The monoisotopic (exact) mass is 479 g/mol. The first-order chi connectivity index (χ1) is 16.0. The van der Waals surface area contributed by atoms with E-state index in [1.807, 2.05) is 86.0 Å². The number of carbonyl (C=O) groups excluding carboxylic acids is 1. The highest BCUT2D eigenvalue weighted by atomic mass is 32.2. The van der Waals surface area contributed by atoms with Gasteiger partial charge in [-0.2, -0.15) is 0 Å². The molecule has 0 radical (unpaired) electrons. The van der Waals surface area contributed by atoms with Gasteiger partial charge in [0.15, 0.2) is 22.2 Å². The van der Waals surface area contributed by atoms with Crippen molar-refractivity contribution in [3.63, 3.8) is 0 Å². The maximum atomic E-state index is 12.6. The summed E-state index contributed by atoms with van der Waals surface area (Å²) in [5.74, 6) is 1.59. The average Bonchev–Trinajstić information content (AvgIpc) is 3.41. The van der Waals surface area contributed by atoms with Gasteiger partial charge in [-0.25, -0.2) is 4.98 Å². The maximum absolute atomic E-state index is 12.6. The summed E-state index contributed by atoms with van der Waals surface area (Å²) in [6, 6.07) is 19.6. The Morgan fingerprint density at radius 3 is 2.52 bits per heavy atom. The van der Waals surface area contributed by atoms with Crippen molar-refractivity contribution in [2.24, 2.45) is 0 Å². The lowest BCUT2D eigenvalue weighted by Gasteiger charge is -2.15. The topological polar surface area (TPSA) is 81.9 Å². The summed E-state index contributed by atoms with van der Waals surface area (Å²) in [7, 11) is 0. The molecule has 0 unspecified atom stereocenters. The summed E-state index contributed by atoms with van der Waals surface area (Å²) >= 11 is 2.82. The standard InChI is InChI=1S/C24H25N5O2S2/c1-4-29-22(16(2)31-19-13-9-6-10-14-19)27-28-24(29)32-15-20(30)25-23-26-21(17(3)33-23)18-11-7-5-8-12-18/h5-14,16H,4,15H2,1-3H3,(H,25,26,30)/t16-/m1/s1. The molecule has 0 aliphatic heterocycles. The molecule has 1 atom stereocenters. The van der Waals surface area contributed by atoms with E-state index in [1.54, 1.807) is 0 Å². The lowest BCUT2D eigenvalue weighted by atomic mass is 10.1. The SMILES string of the molecule is CCn1c(SCC(=O)Nc2nc(-c3ccccc3)c(C)s2)nnc1[C@@H](C)Oc1ccccc1. The lowest BCUT2D eigenvalue weighted by Crippen LogP contribution is -2.15. The first-order valence-corrected chi connectivity index (χ1v) is 12.5. The summed E-state index contributed by atoms with van der Waals surface area (Å²) in [6.45, 7) is 6.66. The molecular weight excluding hydrogens is 454 g/mol. The van der Waals surface area contributed by atoms with Crippen molar-refractivity contribution < 1.29 is 9.53 Å². The highest BCUT2D eigenvalue weighted by Gasteiger charge is 2.20. The summed E-state index contributed by atoms with van der Waals surface area (Å²) < 4.78 is 7.97. The van der Waals surface area contributed by atoms with Crippen molar-refractivity contribution in [1.29, 1.82) is 0 Å². The Kier molecular flexibility index (Phi) is 7.41. The Hall–Kier alpha value is -3.17. The molecule has 170 valence electrons. The van der Waals surface area contributed by atoms with Crippen LogP contribution in [0.4, 0.5) is 5.13 Å². The number of benzene rings is 2. The van der Waals surface area contributed by atoms with E-state index in [9.17, 15) is 4.79 Å². The smallest absolute Gasteiger partial charge is 0.236 e. The second kappa shape index (κ2) is 10.6. The molecule has 4 rings (SSSR count). The largest absolute Gasteiger partial charge is 0.483 e. The average molecular weight is 480 g/mol. The zero-order valence-corrected chi connectivity index (χ0v) is 20.3. The Morgan fingerprint density at radius 1 is 1.12 bits per heavy atom. The second-order valence-corrected chi connectivity index (χ2v) is 9.43. The van der Waals surface area contributed by atoms with Gasteiger partial charge in [-0.3, -0.25) is 4.79 Å². The highest BCUT2D eigenvalue weighted by molar-refractivity contribution is 7.99. The molecule has 0 saturated heterocycles. The van der Waals surface area contributed by atoms with Crippen molar-refractivity contribution in [1.82, 2.24) is 19.7 Å². The zero-order valence-electron chi connectivity index (χ0n) is 18.7. The predicted octanol–water partition coefficient (Wildman–Crippen LogP) is 5.60. The van der Waals surface area contributed by atoms with Gasteiger partial charge in [0.25, 0.3) is 0 Å².